The van der Waals surface area contributed by atoms with Crippen molar-refractivity contribution in [2.24, 2.45) is 11.8 Å². The normalized spacial score (nSPS) is 19.4. The number of aromatic hydroxyl groups is 1. The number of thiophene rings is 1. The molecule has 3 rings (SSSR count). The number of benzene rings is 1. The van der Waals surface area contributed by atoms with Crippen molar-refractivity contribution >= 4 is 23.0 Å². The smallest absolute Gasteiger partial charge is 0.182 e. The molecule has 0 radical (unpaired) electrons. The lowest BCUT2D eigenvalue weighted by Gasteiger charge is -2.28. The van der Waals surface area contributed by atoms with Crippen LogP contribution in [0.5, 0.6) is 5.75 Å². The van der Waals surface area contributed by atoms with E-state index in [2.05, 4.69) is 66.0 Å². The number of hydrogen-bond acceptors (Lipinski definition) is 4. The molecule has 1 aliphatic heterocycles. The molecule has 0 saturated carbocycles. The average Bonchev–Trinajstić information content (AvgIpc) is 3.31. The van der Waals surface area contributed by atoms with Crippen molar-refractivity contribution in [3.63, 3.8) is 0 Å². The molecule has 180 valence electrons. The highest BCUT2D eigenvalue weighted by Crippen LogP contribution is 2.40. The topological polar surface area (TPSA) is 64.4 Å². The molecule has 2 aromatic rings. The maximum absolute atomic E-state index is 13.5. The van der Waals surface area contributed by atoms with Crippen LogP contribution in [0.1, 0.15) is 87.7 Å². The highest BCUT2D eigenvalue weighted by Gasteiger charge is 2.38. The van der Waals surface area contributed by atoms with E-state index in [-0.39, 0.29) is 29.1 Å². The third-order valence-electron chi connectivity index (χ3n) is 6.76. The summed E-state index contributed by atoms with van der Waals surface area (Å²) in [5, 5.41) is 22.0. The average molecular weight is 469 g/mol. The summed E-state index contributed by atoms with van der Waals surface area (Å²) in [5.74, 6) is 1.49. The molecular formula is C28H40N2O2S. The zero-order chi connectivity index (χ0) is 24.6. The summed E-state index contributed by atoms with van der Waals surface area (Å²) in [4.78, 5) is 16.8. The molecule has 0 spiro atoms. The number of rotatable bonds is 7. The van der Waals surface area contributed by atoms with Crippen LogP contribution in [0, 0.1) is 17.2 Å². The number of likely N-dealkylation sites (tertiary alicyclic amines) is 1. The minimum absolute atomic E-state index is 0.0165. The molecule has 33 heavy (non-hydrogen) atoms. The summed E-state index contributed by atoms with van der Waals surface area (Å²) < 4.78 is 0. The van der Waals surface area contributed by atoms with Crippen LogP contribution in [0.2, 0.25) is 0 Å². The first-order valence-electron chi connectivity index (χ1n) is 12.1. The minimum Gasteiger partial charge on any atom is -0.507 e. The second kappa shape index (κ2) is 9.61. The predicted molar refractivity (Wildman–Crippen MR) is 139 cm³/mol. The quantitative estimate of drug-likeness (QED) is 0.439. The molecule has 5 heteroatoms. The lowest BCUT2D eigenvalue weighted by molar-refractivity contribution is 0.0963. The van der Waals surface area contributed by atoms with Crippen LogP contribution in [-0.2, 0) is 17.3 Å². The fourth-order valence-corrected chi connectivity index (χ4v) is 5.66. The van der Waals surface area contributed by atoms with Gasteiger partial charge in [-0.05, 0) is 53.2 Å². The van der Waals surface area contributed by atoms with E-state index in [4.69, 9.17) is 5.41 Å². The van der Waals surface area contributed by atoms with Crippen molar-refractivity contribution in [2.45, 2.75) is 78.6 Å². The van der Waals surface area contributed by atoms with Crippen molar-refractivity contribution in [3.05, 3.63) is 51.2 Å². The largest absolute Gasteiger partial charge is 0.507 e. The first-order chi connectivity index (χ1) is 15.3. The Kier molecular flexibility index (Phi) is 7.42. The van der Waals surface area contributed by atoms with Crippen LogP contribution in [0.15, 0.2) is 29.6 Å². The molecule has 2 unspecified atom stereocenters. The van der Waals surface area contributed by atoms with Gasteiger partial charge in [-0.3, -0.25) is 10.2 Å². The van der Waals surface area contributed by atoms with E-state index in [1.807, 2.05) is 17.0 Å². The third-order valence-corrected chi connectivity index (χ3v) is 7.66. The Hall–Kier alpha value is -2.14. The zero-order valence-electron chi connectivity index (χ0n) is 21.3. The summed E-state index contributed by atoms with van der Waals surface area (Å²) in [6.07, 6.45) is 3.04. The number of hydrogen-bond donors (Lipinski definition) is 2. The second-order valence-corrected chi connectivity index (χ2v) is 12.6. The van der Waals surface area contributed by atoms with Crippen molar-refractivity contribution in [3.8, 4) is 5.75 Å². The first-order valence-corrected chi connectivity index (χ1v) is 13.0. The van der Waals surface area contributed by atoms with E-state index in [0.29, 0.717) is 23.1 Å². The van der Waals surface area contributed by atoms with Gasteiger partial charge in [0.05, 0.1) is 6.54 Å². The Morgan fingerprint density at radius 2 is 1.76 bits per heavy atom. The maximum Gasteiger partial charge on any atom is 0.182 e. The Bertz CT molecular complexity index is 961. The Labute approximate surface area is 203 Å². The highest BCUT2D eigenvalue weighted by molar-refractivity contribution is 7.09. The van der Waals surface area contributed by atoms with Gasteiger partial charge >= 0.3 is 0 Å². The van der Waals surface area contributed by atoms with Crippen LogP contribution in [-0.4, -0.2) is 34.7 Å². The molecule has 0 bridgehead atoms. The molecule has 0 aliphatic carbocycles. The van der Waals surface area contributed by atoms with E-state index < -0.39 is 0 Å². The van der Waals surface area contributed by atoms with E-state index in [9.17, 15) is 9.90 Å². The van der Waals surface area contributed by atoms with E-state index in [0.717, 1.165) is 36.9 Å². The summed E-state index contributed by atoms with van der Waals surface area (Å²) in [7, 11) is 0. The molecule has 2 heterocycles. The molecule has 2 N–H and O–H groups in total. The Morgan fingerprint density at radius 3 is 2.24 bits per heavy atom. The van der Waals surface area contributed by atoms with Crippen molar-refractivity contribution in [2.75, 3.05) is 13.1 Å². The Morgan fingerprint density at radius 1 is 1.15 bits per heavy atom. The first kappa shape index (κ1) is 25.5. The standard InChI is InChI=1S/C28H40N2O2S/c1-8-10-18-16-30(26(29)21(18)15-20-11-9-12-33-20)17-24(31)19-13-22(27(2,3)4)25(32)23(14-19)28(5,6)7/h9,11-14,18,21,29,32H,8,10,15-17H2,1-7H3. The number of nitrogens with zero attached hydrogens (tertiary/aromatic N) is 1. The number of ketones is 1. The summed E-state index contributed by atoms with van der Waals surface area (Å²) in [5.41, 5.74) is 1.67. The Balaban J connectivity index is 1.88. The molecule has 1 fully saturated rings. The number of nitrogens with one attached hydrogen (secondary N) is 1. The zero-order valence-corrected chi connectivity index (χ0v) is 22.1. The van der Waals surface area contributed by atoms with Gasteiger partial charge in [-0.15, -0.1) is 11.3 Å². The van der Waals surface area contributed by atoms with Crippen molar-refractivity contribution in [1.82, 2.24) is 4.90 Å². The van der Waals surface area contributed by atoms with Crippen molar-refractivity contribution < 1.29 is 9.90 Å². The third kappa shape index (κ3) is 5.68. The number of phenolic OH excluding ortho intramolecular Hbond substituents is 1. The van der Waals surface area contributed by atoms with Crippen LogP contribution in [0.4, 0.5) is 0 Å². The van der Waals surface area contributed by atoms with E-state index >= 15 is 0 Å². The van der Waals surface area contributed by atoms with Crippen LogP contribution < -0.4 is 0 Å². The highest BCUT2D eigenvalue weighted by atomic mass is 32.1. The SMILES string of the molecule is CCCC1CN(CC(=O)c2cc(C(C)(C)C)c(O)c(C(C)(C)C)c2)C(=N)C1Cc1cccs1. The maximum atomic E-state index is 13.5. The second-order valence-electron chi connectivity index (χ2n) is 11.5. The summed E-state index contributed by atoms with van der Waals surface area (Å²) in [6.45, 7) is 15.5. The molecule has 0 amide bonds. The van der Waals surface area contributed by atoms with Crippen molar-refractivity contribution in [1.29, 1.82) is 5.41 Å². The van der Waals surface area contributed by atoms with Gasteiger partial charge in [-0.25, -0.2) is 0 Å². The molecule has 1 aromatic heterocycles. The van der Waals surface area contributed by atoms with Gasteiger partial charge in [-0.1, -0.05) is 61.0 Å². The number of amidine groups is 1. The lowest BCUT2D eigenvalue weighted by atomic mass is 9.78. The molecule has 4 nitrogen and oxygen atoms in total. The predicted octanol–water partition coefficient (Wildman–Crippen LogP) is 6.80. The number of carbonyl (C=O) groups excluding carboxylic acids is 1. The molecular weight excluding hydrogens is 428 g/mol. The van der Waals surface area contributed by atoms with Gasteiger partial charge in [0.15, 0.2) is 5.78 Å². The lowest BCUT2D eigenvalue weighted by Crippen LogP contribution is -2.33. The van der Waals surface area contributed by atoms with Gasteiger partial charge in [0.25, 0.3) is 0 Å². The summed E-state index contributed by atoms with van der Waals surface area (Å²) in [6, 6.07) is 7.94. The number of phenols is 1. The summed E-state index contributed by atoms with van der Waals surface area (Å²) >= 11 is 1.75. The molecule has 1 saturated heterocycles. The minimum atomic E-state index is -0.279. The van der Waals surface area contributed by atoms with Crippen LogP contribution in [0.3, 0.4) is 0 Å². The van der Waals surface area contributed by atoms with Gasteiger partial charge in [0, 0.05) is 34.0 Å². The molecule has 1 aromatic carbocycles. The van der Waals surface area contributed by atoms with Gasteiger partial charge in [0.1, 0.15) is 11.6 Å². The fraction of sp³-hybridized carbons (Fsp3) is 0.571. The molecule has 1 aliphatic rings. The van der Waals surface area contributed by atoms with Crippen LogP contribution in [0.25, 0.3) is 0 Å². The van der Waals surface area contributed by atoms with E-state index in [1.54, 1.807) is 11.3 Å². The van der Waals surface area contributed by atoms with Gasteiger partial charge < -0.3 is 10.0 Å². The molecule has 2 atom stereocenters. The fourth-order valence-electron chi connectivity index (χ4n) is 4.89. The van der Waals surface area contributed by atoms with Gasteiger partial charge in [0.2, 0.25) is 0 Å². The van der Waals surface area contributed by atoms with E-state index in [1.165, 1.54) is 4.88 Å². The number of carbonyl (C=O) groups is 1. The van der Waals surface area contributed by atoms with Gasteiger partial charge in [-0.2, -0.15) is 0 Å². The number of Topliss-reactive ketones (excluding diaryl/α,β-unsaturated/α-hetero) is 1. The van der Waals surface area contributed by atoms with Crippen LogP contribution >= 0.6 is 11.3 Å². The monoisotopic (exact) mass is 468 g/mol.